The third-order valence-electron chi connectivity index (χ3n) is 2.58. The number of carboxylic acid groups (broad SMARTS) is 1. The molecule has 1 unspecified atom stereocenters. The van der Waals surface area contributed by atoms with Gasteiger partial charge in [-0.3, -0.25) is 0 Å². The lowest BCUT2D eigenvalue weighted by molar-refractivity contribution is -0.138. The van der Waals surface area contributed by atoms with Crippen LogP contribution in [0.4, 0.5) is 10.1 Å². The highest BCUT2D eigenvalue weighted by Crippen LogP contribution is 2.18. The van der Waals surface area contributed by atoms with Crippen LogP contribution in [0.5, 0.6) is 0 Å². The maximum atomic E-state index is 12.9. The molecule has 0 aliphatic heterocycles. The van der Waals surface area contributed by atoms with Gasteiger partial charge in [0.15, 0.2) is 0 Å². The summed E-state index contributed by atoms with van der Waals surface area (Å²) in [5.74, 6) is -1.49. The molecular weight excluding hydrogens is 235 g/mol. The molecule has 0 saturated heterocycles. The predicted octanol–water partition coefficient (Wildman–Crippen LogP) is 2.75. The molecule has 5 heteroatoms. The molecule has 96 valence electrons. The number of unbranched alkanes of at least 4 members (excludes halogenated alkanes) is 1. The van der Waals surface area contributed by atoms with E-state index in [1.807, 2.05) is 13.0 Å². The Kier molecular flexibility index (Phi) is 5.12. The van der Waals surface area contributed by atoms with E-state index in [4.69, 9.17) is 10.4 Å². The summed E-state index contributed by atoms with van der Waals surface area (Å²) in [6.45, 7) is 1.97. The van der Waals surface area contributed by atoms with Crippen molar-refractivity contribution < 1.29 is 14.3 Å². The maximum Gasteiger partial charge on any atom is 0.326 e. The summed E-state index contributed by atoms with van der Waals surface area (Å²) in [6.07, 6.45) is 2.13. The van der Waals surface area contributed by atoms with E-state index in [9.17, 15) is 9.18 Å². The van der Waals surface area contributed by atoms with Crippen LogP contribution in [0.1, 0.15) is 31.7 Å². The molecule has 2 N–H and O–H groups in total. The Balaban J connectivity index is 2.87. The normalized spacial score (nSPS) is 11.6. The molecular formula is C13H15FN2O2. The monoisotopic (exact) mass is 250 g/mol. The standard InChI is InChI=1S/C13H15FN2O2/c1-2-3-4-12(13(17)18)16-11-6-5-10(14)7-9(11)8-15/h5-7,12,16H,2-4H2,1H3,(H,17,18). The van der Waals surface area contributed by atoms with Crippen LogP contribution in [0.2, 0.25) is 0 Å². The molecule has 0 aromatic heterocycles. The van der Waals surface area contributed by atoms with E-state index in [2.05, 4.69) is 5.32 Å². The molecule has 1 rings (SSSR count). The Labute approximate surface area is 105 Å². The van der Waals surface area contributed by atoms with Crippen LogP contribution in [0.15, 0.2) is 18.2 Å². The summed E-state index contributed by atoms with van der Waals surface area (Å²) in [6, 6.07) is 4.75. The van der Waals surface area contributed by atoms with Gasteiger partial charge in [0.25, 0.3) is 0 Å². The van der Waals surface area contributed by atoms with Gasteiger partial charge in [-0.25, -0.2) is 9.18 Å². The summed E-state index contributed by atoms with van der Waals surface area (Å²) < 4.78 is 12.9. The summed E-state index contributed by atoms with van der Waals surface area (Å²) in [5, 5.41) is 20.7. The highest BCUT2D eigenvalue weighted by atomic mass is 19.1. The zero-order chi connectivity index (χ0) is 13.5. The SMILES string of the molecule is CCCCC(Nc1ccc(F)cc1C#N)C(=O)O. The van der Waals surface area contributed by atoms with E-state index in [0.29, 0.717) is 12.1 Å². The van der Waals surface area contributed by atoms with E-state index >= 15 is 0 Å². The number of carboxylic acids is 1. The van der Waals surface area contributed by atoms with E-state index in [1.54, 1.807) is 0 Å². The van der Waals surface area contributed by atoms with Crippen molar-refractivity contribution in [2.24, 2.45) is 0 Å². The molecule has 0 radical (unpaired) electrons. The Morgan fingerprint density at radius 3 is 2.89 bits per heavy atom. The van der Waals surface area contributed by atoms with Crippen molar-refractivity contribution in [1.82, 2.24) is 0 Å². The Morgan fingerprint density at radius 1 is 1.61 bits per heavy atom. The van der Waals surface area contributed by atoms with Crippen LogP contribution in [0.3, 0.4) is 0 Å². The number of benzene rings is 1. The Bertz CT molecular complexity index is 469. The van der Waals surface area contributed by atoms with Crippen molar-refractivity contribution in [2.75, 3.05) is 5.32 Å². The molecule has 18 heavy (non-hydrogen) atoms. The van der Waals surface area contributed by atoms with Gasteiger partial charge < -0.3 is 10.4 Å². The quantitative estimate of drug-likeness (QED) is 0.814. The molecule has 0 fully saturated rings. The lowest BCUT2D eigenvalue weighted by atomic mass is 10.1. The second kappa shape index (κ2) is 6.60. The molecule has 0 bridgehead atoms. The molecule has 1 atom stereocenters. The van der Waals surface area contributed by atoms with Crippen LogP contribution in [-0.2, 0) is 4.79 Å². The third-order valence-corrected chi connectivity index (χ3v) is 2.58. The fraction of sp³-hybridized carbons (Fsp3) is 0.385. The zero-order valence-corrected chi connectivity index (χ0v) is 10.1. The molecule has 1 aromatic carbocycles. The first-order chi connectivity index (χ1) is 8.58. The highest BCUT2D eigenvalue weighted by molar-refractivity contribution is 5.78. The van der Waals surface area contributed by atoms with Crippen LogP contribution < -0.4 is 5.32 Å². The summed E-state index contributed by atoms with van der Waals surface area (Å²) in [4.78, 5) is 11.1. The first-order valence-electron chi connectivity index (χ1n) is 5.77. The molecule has 4 nitrogen and oxygen atoms in total. The molecule has 1 aromatic rings. The number of rotatable bonds is 6. The second-order valence-electron chi connectivity index (χ2n) is 3.98. The fourth-order valence-electron chi connectivity index (χ4n) is 1.59. The van der Waals surface area contributed by atoms with E-state index in [-0.39, 0.29) is 5.56 Å². The maximum absolute atomic E-state index is 12.9. The van der Waals surface area contributed by atoms with Gasteiger partial charge in [-0.15, -0.1) is 0 Å². The van der Waals surface area contributed by atoms with Gasteiger partial charge in [0.1, 0.15) is 17.9 Å². The van der Waals surface area contributed by atoms with Gasteiger partial charge in [-0.2, -0.15) is 5.26 Å². The lowest BCUT2D eigenvalue weighted by Crippen LogP contribution is -2.29. The number of carbonyl (C=O) groups is 1. The number of hydrogen-bond donors (Lipinski definition) is 2. The number of nitrogens with zero attached hydrogens (tertiary/aromatic N) is 1. The molecule has 0 heterocycles. The van der Waals surface area contributed by atoms with Gasteiger partial charge in [0.2, 0.25) is 0 Å². The topological polar surface area (TPSA) is 73.1 Å². The van der Waals surface area contributed by atoms with Crippen molar-refractivity contribution in [3.05, 3.63) is 29.6 Å². The molecule has 0 spiro atoms. The molecule has 0 aliphatic carbocycles. The van der Waals surface area contributed by atoms with E-state index in [1.165, 1.54) is 12.1 Å². The minimum absolute atomic E-state index is 0.109. The van der Waals surface area contributed by atoms with Crippen molar-refractivity contribution in [2.45, 2.75) is 32.2 Å². The Hall–Kier alpha value is -2.09. The predicted molar refractivity (Wildman–Crippen MR) is 65.7 cm³/mol. The zero-order valence-electron chi connectivity index (χ0n) is 10.1. The van der Waals surface area contributed by atoms with Crippen molar-refractivity contribution >= 4 is 11.7 Å². The van der Waals surface area contributed by atoms with E-state index < -0.39 is 17.8 Å². The summed E-state index contributed by atoms with van der Waals surface area (Å²) in [5.41, 5.74) is 0.458. The number of nitrogens with one attached hydrogen (secondary N) is 1. The molecule has 0 saturated carbocycles. The minimum Gasteiger partial charge on any atom is -0.480 e. The third kappa shape index (κ3) is 3.74. The van der Waals surface area contributed by atoms with Crippen LogP contribution >= 0.6 is 0 Å². The first kappa shape index (κ1) is 14.0. The smallest absolute Gasteiger partial charge is 0.326 e. The number of hydrogen-bond acceptors (Lipinski definition) is 3. The average molecular weight is 250 g/mol. The van der Waals surface area contributed by atoms with Gasteiger partial charge in [0, 0.05) is 0 Å². The fourth-order valence-corrected chi connectivity index (χ4v) is 1.59. The van der Waals surface area contributed by atoms with Crippen LogP contribution in [0.25, 0.3) is 0 Å². The van der Waals surface area contributed by atoms with Crippen molar-refractivity contribution in [3.63, 3.8) is 0 Å². The van der Waals surface area contributed by atoms with Crippen molar-refractivity contribution in [1.29, 1.82) is 5.26 Å². The summed E-state index contributed by atoms with van der Waals surface area (Å²) >= 11 is 0. The Morgan fingerprint density at radius 2 is 2.33 bits per heavy atom. The lowest BCUT2D eigenvalue weighted by Gasteiger charge is -2.16. The van der Waals surface area contributed by atoms with Crippen LogP contribution in [-0.4, -0.2) is 17.1 Å². The minimum atomic E-state index is -0.975. The van der Waals surface area contributed by atoms with Gasteiger partial charge >= 0.3 is 5.97 Å². The van der Waals surface area contributed by atoms with Crippen LogP contribution in [0, 0.1) is 17.1 Å². The largest absolute Gasteiger partial charge is 0.480 e. The second-order valence-corrected chi connectivity index (χ2v) is 3.98. The summed E-state index contributed by atoms with van der Waals surface area (Å²) in [7, 11) is 0. The number of nitriles is 1. The van der Waals surface area contributed by atoms with Gasteiger partial charge in [-0.1, -0.05) is 19.8 Å². The highest BCUT2D eigenvalue weighted by Gasteiger charge is 2.17. The van der Waals surface area contributed by atoms with E-state index in [0.717, 1.165) is 18.9 Å². The molecule has 0 amide bonds. The first-order valence-corrected chi connectivity index (χ1v) is 5.77. The number of anilines is 1. The van der Waals surface area contributed by atoms with Crippen molar-refractivity contribution in [3.8, 4) is 6.07 Å². The molecule has 0 aliphatic rings. The number of aliphatic carboxylic acids is 1. The number of halogens is 1. The van der Waals surface area contributed by atoms with Gasteiger partial charge in [0.05, 0.1) is 11.3 Å². The van der Waals surface area contributed by atoms with Gasteiger partial charge in [-0.05, 0) is 24.6 Å². The average Bonchev–Trinajstić information content (AvgIpc) is 2.35.